The number of rotatable bonds is 3. The molecule has 0 bridgehead atoms. The molecule has 0 aliphatic carbocycles. The van der Waals surface area contributed by atoms with E-state index in [2.05, 4.69) is 15.9 Å². The Morgan fingerprint density at radius 3 is 2.30 bits per heavy atom. The van der Waals surface area contributed by atoms with Crippen LogP contribution in [0.3, 0.4) is 0 Å². The van der Waals surface area contributed by atoms with Gasteiger partial charge in [-0.1, -0.05) is 0 Å². The largest absolute Gasteiger partial charge is 0.451 e. The average Bonchev–Trinajstić information content (AvgIpc) is 2.64. The molecule has 0 N–H and O–H groups in total. The van der Waals surface area contributed by atoms with Crippen LogP contribution in [-0.2, 0) is 15.1 Å². The number of hydrogen-bond acceptors (Lipinski definition) is 4. The van der Waals surface area contributed by atoms with Gasteiger partial charge in [0, 0.05) is 7.05 Å². The van der Waals surface area contributed by atoms with Gasteiger partial charge in [-0.15, -0.1) is 0 Å². The molecule has 1 atom stereocenters. The van der Waals surface area contributed by atoms with Crippen LogP contribution in [0.4, 0.5) is 4.79 Å². The van der Waals surface area contributed by atoms with Gasteiger partial charge in [-0.05, 0) is 62.2 Å². The van der Waals surface area contributed by atoms with Gasteiger partial charge in [0.05, 0.1) is 0 Å². The third-order valence-electron chi connectivity index (χ3n) is 2.94. The summed E-state index contributed by atoms with van der Waals surface area (Å²) in [5.74, 6) is 0.410. The summed E-state index contributed by atoms with van der Waals surface area (Å²) in [6.07, 6.45) is 0.0915. The first kappa shape index (κ1) is 16.8. The third kappa shape index (κ3) is 3.42. The molecule has 20 heavy (non-hydrogen) atoms. The van der Waals surface area contributed by atoms with E-state index in [1.54, 1.807) is 33.8 Å². The molecular formula is C14H20BrNO4. The Kier molecular flexibility index (Phi) is 4.69. The van der Waals surface area contributed by atoms with Crippen LogP contribution in [0.15, 0.2) is 15.2 Å². The van der Waals surface area contributed by atoms with Gasteiger partial charge < -0.3 is 13.9 Å². The maximum absolute atomic E-state index is 12.1. The van der Waals surface area contributed by atoms with E-state index in [1.165, 1.54) is 11.9 Å². The molecule has 5 nitrogen and oxygen atoms in total. The van der Waals surface area contributed by atoms with Crippen molar-refractivity contribution >= 4 is 28.3 Å². The van der Waals surface area contributed by atoms with Gasteiger partial charge in [0.2, 0.25) is 0 Å². The van der Waals surface area contributed by atoms with Crippen molar-refractivity contribution in [1.29, 1.82) is 0 Å². The molecule has 0 aliphatic heterocycles. The molecule has 1 aromatic heterocycles. The van der Waals surface area contributed by atoms with Crippen molar-refractivity contribution in [2.45, 2.75) is 45.8 Å². The summed E-state index contributed by atoms with van der Waals surface area (Å²) in [5.41, 5.74) is -1.08. The normalized spacial score (nSPS) is 14.6. The standard InChI is InChI=1S/C14H20BrNO4/c1-9-7-10(15)19-11(9)14(5,8-17)16(6)12(18)20-13(2,3)4/h7-8H,1-6H3. The average molecular weight is 346 g/mol. The molecule has 112 valence electrons. The number of hydrogen-bond donors (Lipinski definition) is 0. The van der Waals surface area contributed by atoms with Crippen molar-refractivity contribution in [2.24, 2.45) is 0 Å². The maximum Gasteiger partial charge on any atom is 0.411 e. The third-order valence-corrected chi connectivity index (χ3v) is 3.33. The predicted molar refractivity (Wildman–Crippen MR) is 78.6 cm³/mol. The zero-order valence-corrected chi connectivity index (χ0v) is 14.2. The lowest BCUT2D eigenvalue weighted by atomic mass is 9.96. The van der Waals surface area contributed by atoms with Gasteiger partial charge in [0.1, 0.15) is 11.4 Å². The molecule has 0 spiro atoms. The second-order valence-corrected chi connectivity index (χ2v) is 6.65. The first-order valence-electron chi connectivity index (χ1n) is 6.21. The summed E-state index contributed by atoms with van der Waals surface area (Å²) >= 11 is 3.22. The van der Waals surface area contributed by atoms with Gasteiger partial charge >= 0.3 is 6.09 Å². The summed E-state index contributed by atoms with van der Waals surface area (Å²) < 4.78 is 11.3. The Bertz CT molecular complexity index is 518. The number of aldehydes is 1. The van der Waals surface area contributed by atoms with Crippen LogP contribution in [0.2, 0.25) is 0 Å². The van der Waals surface area contributed by atoms with Crippen molar-refractivity contribution in [3.63, 3.8) is 0 Å². The summed E-state index contributed by atoms with van der Waals surface area (Å²) in [5, 5.41) is 0. The van der Waals surface area contributed by atoms with Gasteiger partial charge in [-0.2, -0.15) is 0 Å². The van der Waals surface area contributed by atoms with E-state index in [1.807, 2.05) is 6.92 Å². The number of nitrogens with zero attached hydrogens (tertiary/aromatic N) is 1. The monoisotopic (exact) mass is 345 g/mol. The fourth-order valence-electron chi connectivity index (χ4n) is 1.75. The highest BCUT2D eigenvalue weighted by molar-refractivity contribution is 9.10. The van der Waals surface area contributed by atoms with E-state index in [4.69, 9.17) is 9.15 Å². The molecule has 6 heteroatoms. The summed E-state index contributed by atoms with van der Waals surface area (Å²) in [4.78, 5) is 25.0. The number of carbonyl (C=O) groups excluding carboxylic acids is 2. The lowest BCUT2D eigenvalue weighted by molar-refractivity contribution is -0.118. The fraction of sp³-hybridized carbons (Fsp3) is 0.571. The molecule has 0 radical (unpaired) electrons. The van der Waals surface area contributed by atoms with Crippen molar-refractivity contribution in [2.75, 3.05) is 7.05 Å². The smallest absolute Gasteiger partial charge is 0.411 e. The van der Waals surface area contributed by atoms with Crippen LogP contribution in [0.25, 0.3) is 0 Å². The maximum atomic E-state index is 12.1. The number of amides is 1. The Hall–Kier alpha value is -1.30. The summed E-state index contributed by atoms with van der Waals surface area (Å²) in [6, 6.07) is 1.75. The number of halogens is 1. The highest BCUT2D eigenvalue weighted by Gasteiger charge is 2.40. The minimum Gasteiger partial charge on any atom is -0.451 e. The number of furan rings is 1. The van der Waals surface area contributed by atoms with Gasteiger partial charge in [0.15, 0.2) is 16.5 Å². The molecule has 1 amide bonds. The molecule has 0 fully saturated rings. The van der Waals surface area contributed by atoms with Gasteiger partial charge in [-0.3, -0.25) is 4.90 Å². The molecule has 1 aromatic rings. The highest BCUT2D eigenvalue weighted by atomic mass is 79.9. The van der Waals surface area contributed by atoms with Gasteiger partial charge in [-0.25, -0.2) is 4.79 Å². The molecule has 0 saturated heterocycles. The number of aryl methyl sites for hydroxylation is 1. The lowest BCUT2D eigenvalue weighted by Crippen LogP contribution is -2.48. The van der Waals surface area contributed by atoms with E-state index in [0.717, 1.165) is 5.56 Å². The van der Waals surface area contributed by atoms with Gasteiger partial charge in [0.25, 0.3) is 0 Å². The minimum atomic E-state index is -1.22. The summed E-state index contributed by atoms with van der Waals surface area (Å²) in [7, 11) is 1.51. The van der Waals surface area contributed by atoms with Crippen molar-refractivity contribution in [3.8, 4) is 0 Å². The Morgan fingerprint density at radius 2 is 1.95 bits per heavy atom. The van der Waals surface area contributed by atoms with E-state index in [0.29, 0.717) is 16.7 Å². The van der Waals surface area contributed by atoms with Crippen LogP contribution >= 0.6 is 15.9 Å². The quantitative estimate of drug-likeness (QED) is 0.784. The molecule has 0 aliphatic rings. The zero-order valence-electron chi connectivity index (χ0n) is 12.6. The van der Waals surface area contributed by atoms with E-state index in [9.17, 15) is 9.59 Å². The van der Waals surface area contributed by atoms with Crippen LogP contribution < -0.4 is 0 Å². The Labute approximate surface area is 127 Å². The first-order chi connectivity index (χ1) is 9.01. The molecule has 0 aromatic carbocycles. The SMILES string of the molecule is Cc1cc(Br)oc1C(C)(C=O)N(C)C(=O)OC(C)(C)C. The number of ether oxygens (including phenoxy) is 1. The second kappa shape index (κ2) is 5.60. The fourth-order valence-corrected chi connectivity index (χ4v) is 2.26. The van der Waals surface area contributed by atoms with Crippen molar-refractivity contribution < 1.29 is 18.7 Å². The topological polar surface area (TPSA) is 59.8 Å². The van der Waals surface area contributed by atoms with E-state index >= 15 is 0 Å². The van der Waals surface area contributed by atoms with E-state index < -0.39 is 17.2 Å². The number of carbonyl (C=O) groups is 2. The van der Waals surface area contributed by atoms with Crippen LogP contribution in [0.1, 0.15) is 39.0 Å². The van der Waals surface area contributed by atoms with Crippen LogP contribution in [0.5, 0.6) is 0 Å². The first-order valence-corrected chi connectivity index (χ1v) is 7.00. The highest BCUT2D eigenvalue weighted by Crippen LogP contribution is 2.33. The van der Waals surface area contributed by atoms with Crippen molar-refractivity contribution in [3.05, 3.63) is 22.1 Å². The molecule has 0 saturated carbocycles. The number of likely N-dealkylation sites (N-methyl/N-ethyl adjacent to an activating group) is 1. The Balaban J connectivity index is 3.14. The van der Waals surface area contributed by atoms with E-state index in [-0.39, 0.29) is 0 Å². The second-order valence-electron chi connectivity index (χ2n) is 5.87. The predicted octanol–water partition coefficient (Wildman–Crippen LogP) is 3.63. The molecule has 1 unspecified atom stereocenters. The minimum absolute atomic E-state index is 0.410. The molecule has 1 heterocycles. The lowest BCUT2D eigenvalue weighted by Gasteiger charge is -2.34. The molecule has 1 rings (SSSR count). The molecular weight excluding hydrogens is 326 g/mol. The zero-order chi connectivity index (χ0) is 15.7. The Morgan fingerprint density at radius 1 is 1.40 bits per heavy atom. The van der Waals surface area contributed by atoms with Crippen LogP contribution in [0, 0.1) is 6.92 Å². The van der Waals surface area contributed by atoms with Crippen LogP contribution in [-0.4, -0.2) is 29.9 Å². The van der Waals surface area contributed by atoms with Crippen molar-refractivity contribution in [1.82, 2.24) is 4.90 Å². The summed E-state index contributed by atoms with van der Waals surface area (Å²) in [6.45, 7) is 8.74.